The molecule has 0 saturated carbocycles. The molecule has 0 aliphatic rings. The first-order chi connectivity index (χ1) is 6.20. The predicted octanol–water partition coefficient (Wildman–Crippen LogP) is 3.87. The first-order valence-corrected chi connectivity index (χ1v) is 6.66. The molecule has 1 nitrogen and oxygen atoms in total. The molecule has 0 radical (unpaired) electrons. The van der Waals surface area contributed by atoms with Gasteiger partial charge in [-0.3, -0.25) is 0 Å². The second-order valence-corrected chi connectivity index (χ2v) is 5.89. The van der Waals surface area contributed by atoms with Crippen molar-refractivity contribution in [2.45, 2.75) is 31.0 Å². The molecule has 0 spiro atoms. The van der Waals surface area contributed by atoms with Crippen LogP contribution < -0.4 is 0 Å². The van der Waals surface area contributed by atoms with Crippen molar-refractivity contribution < 1.29 is 0 Å². The van der Waals surface area contributed by atoms with E-state index in [1.165, 1.54) is 0 Å². The molecule has 0 amide bonds. The molecule has 0 aliphatic heterocycles. The van der Waals surface area contributed by atoms with Crippen LogP contribution in [0.2, 0.25) is 0 Å². The maximum absolute atomic E-state index is 4.25. The van der Waals surface area contributed by atoms with E-state index in [2.05, 4.69) is 25.8 Å². The van der Waals surface area contributed by atoms with Crippen molar-refractivity contribution in [2.24, 2.45) is 5.92 Å². The Hall–Kier alpha value is -0.150. The fraction of sp³-hybridized carbons (Fsp3) is 0.500. The molecule has 0 aromatic carbocycles. The first kappa shape index (κ1) is 10.9. The quantitative estimate of drug-likeness (QED) is 0.705. The van der Waals surface area contributed by atoms with Crippen LogP contribution in [0.4, 0.5) is 0 Å². The van der Waals surface area contributed by atoms with Gasteiger partial charge in [-0.2, -0.15) is 0 Å². The van der Waals surface area contributed by atoms with Crippen LogP contribution in [-0.4, -0.2) is 10.2 Å². The van der Waals surface area contributed by atoms with Gasteiger partial charge in [0.2, 0.25) is 0 Å². The highest BCUT2D eigenvalue weighted by Crippen LogP contribution is 2.35. The lowest BCUT2D eigenvalue weighted by atomic mass is 10.2. The molecule has 1 rings (SSSR count). The Labute approximate surface area is 88.1 Å². The van der Waals surface area contributed by atoms with Crippen LogP contribution in [0.3, 0.4) is 0 Å². The summed E-state index contributed by atoms with van der Waals surface area (Å²) in [5.41, 5.74) is 0. The number of pyridine rings is 1. The maximum atomic E-state index is 4.25. The molecule has 0 saturated heterocycles. The molecule has 1 unspecified atom stereocenters. The zero-order valence-electron chi connectivity index (χ0n) is 8.23. The van der Waals surface area contributed by atoms with Gasteiger partial charge in [0.25, 0.3) is 0 Å². The molecule has 3 heteroatoms. The van der Waals surface area contributed by atoms with Crippen molar-refractivity contribution in [2.75, 3.05) is 0 Å². The second-order valence-electron chi connectivity index (χ2n) is 3.30. The van der Waals surface area contributed by atoms with Crippen molar-refractivity contribution in [3.8, 4) is 0 Å². The van der Waals surface area contributed by atoms with Crippen LogP contribution in [0.5, 0.6) is 0 Å². The summed E-state index contributed by atoms with van der Waals surface area (Å²) >= 11 is 0. The van der Waals surface area contributed by atoms with E-state index in [0.717, 1.165) is 10.9 Å². The monoisotopic (exact) mass is 213 g/mol. The van der Waals surface area contributed by atoms with E-state index in [0.29, 0.717) is 5.25 Å². The Morgan fingerprint density at radius 3 is 2.54 bits per heavy atom. The second kappa shape index (κ2) is 5.55. The van der Waals surface area contributed by atoms with Gasteiger partial charge in [0.1, 0.15) is 5.03 Å². The number of hydrogen-bond acceptors (Lipinski definition) is 3. The van der Waals surface area contributed by atoms with Gasteiger partial charge in [-0.15, -0.1) is 0 Å². The summed E-state index contributed by atoms with van der Waals surface area (Å²) in [6.45, 7) is 6.75. The molecule has 1 heterocycles. The fourth-order valence-electron chi connectivity index (χ4n) is 0.633. The van der Waals surface area contributed by atoms with Crippen molar-refractivity contribution >= 4 is 21.6 Å². The Morgan fingerprint density at radius 2 is 2.00 bits per heavy atom. The van der Waals surface area contributed by atoms with Crippen LogP contribution in [-0.2, 0) is 0 Å². The molecule has 0 aliphatic carbocycles. The number of aromatic nitrogens is 1. The Kier molecular flexibility index (Phi) is 4.67. The van der Waals surface area contributed by atoms with Crippen LogP contribution in [0.25, 0.3) is 0 Å². The highest BCUT2D eigenvalue weighted by atomic mass is 33.1. The summed E-state index contributed by atoms with van der Waals surface area (Å²) in [5, 5.41) is 1.77. The van der Waals surface area contributed by atoms with Crippen molar-refractivity contribution in [3.05, 3.63) is 24.4 Å². The van der Waals surface area contributed by atoms with Crippen molar-refractivity contribution in [1.29, 1.82) is 0 Å². The van der Waals surface area contributed by atoms with Gasteiger partial charge < -0.3 is 0 Å². The topological polar surface area (TPSA) is 12.9 Å². The SMILES string of the molecule is CC(C)C(C)SSc1ccccn1. The molecule has 1 atom stereocenters. The number of rotatable bonds is 4. The summed E-state index contributed by atoms with van der Waals surface area (Å²) < 4.78 is 0. The highest BCUT2D eigenvalue weighted by molar-refractivity contribution is 8.76. The van der Waals surface area contributed by atoms with E-state index in [1.54, 1.807) is 10.8 Å². The van der Waals surface area contributed by atoms with Gasteiger partial charge >= 0.3 is 0 Å². The maximum Gasteiger partial charge on any atom is 0.106 e. The fourth-order valence-corrected chi connectivity index (χ4v) is 3.06. The molecule has 0 fully saturated rings. The van der Waals surface area contributed by atoms with Crippen molar-refractivity contribution in [3.63, 3.8) is 0 Å². The third-order valence-electron chi connectivity index (χ3n) is 1.86. The predicted molar refractivity (Wildman–Crippen MR) is 62.0 cm³/mol. The van der Waals surface area contributed by atoms with E-state index < -0.39 is 0 Å². The van der Waals surface area contributed by atoms with E-state index in [-0.39, 0.29) is 0 Å². The zero-order valence-corrected chi connectivity index (χ0v) is 9.86. The summed E-state index contributed by atoms with van der Waals surface area (Å²) in [5.74, 6) is 0.723. The van der Waals surface area contributed by atoms with E-state index >= 15 is 0 Å². The zero-order chi connectivity index (χ0) is 9.68. The lowest BCUT2D eigenvalue weighted by Crippen LogP contribution is -2.03. The smallest absolute Gasteiger partial charge is 0.106 e. The lowest BCUT2D eigenvalue weighted by Gasteiger charge is -2.12. The highest BCUT2D eigenvalue weighted by Gasteiger charge is 2.08. The van der Waals surface area contributed by atoms with E-state index in [4.69, 9.17) is 0 Å². The normalized spacial score (nSPS) is 13.2. The van der Waals surface area contributed by atoms with Crippen LogP contribution in [0, 0.1) is 5.92 Å². The van der Waals surface area contributed by atoms with Gasteiger partial charge in [0, 0.05) is 11.4 Å². The molecule has 72 valence electrons. The minimum atomic E-state index is 0.673. The average molecular weight is 213 g/mol. The molecule has 1 aromatic heterocycles. The molecule has 0 bridgehead atoms. The van der Waals surface area contributed by atoms with E-state index in [9.17, 15) is 0 Å². The van der Waals surface area contributed by atoms with E-state index in [1.807, 2.05) is 35.2 Å². The van der Waals surface area contributed by atoms with Gasteiger partial charge in [-0.05, 0) is 28.8 Å². The summed E-state index contributed by atoms with van der Waals surface area (Å²) in [7, 11) is 3.65. The van der Waals surface area contributed by atoms with Gasteiger partial charge in [-0.25, -0.2) is 4.98 Å². The Balaban J connectivity index is 2.35. The minimum Gasteiger partial charge on any atom is -0.249 e. The Bertz CT molecular complexity index is 236. The summed E-state index contributed by atoms with van der Waals surface area (Å²) in [4.78, 5) is 4.25. The lowest BCUT2D eigenvalue weighted by molar-refractivity contribution is 0.645. The van der Waals surface area contributed by atoms with Crippen LogP contribution in [0.1, 0.15) is 20.8 Å². The third kappa shape index (κ3) is 4.05. The summed E-state index contributed by atoms with van der Waals surface area (Å²) in [6.07, 6.45) is 1.84. The third-order valence-corrected chi connectivity index (χ3v) is 4.93. The number of hydrogen-bond donors (Lipinski definition) is 0. The molecule has 1 aromatic rings. The van der Waals surface area contributed by atoms with Crippen LogP contribution in [0.15, 0.2) is 29.4 Å². The van der Waals surface area contributed by atoms with Crippen LogP contribution >= 0.6 is 21.6 Å². The standard InChI is InChI=1S/C10H15NS2/c1-8(2)9(3)12-13-10-6-4-5-7-11-10/h4-9H,1-3H3. The molecular formula is C10H15NS2. The first-order valence-electron chi connectivity index (χ1n) is 4.44. The molecule has 13 heavy (non-hydrogen) atoms. The van der Waals surface area contributed by atoms with Gasteiger partial charge in [0.15, 0.2) is 0 Å². The summed E-state index contributed by atoms with van der Waals surface area (Å²) in [6, 6.07) is 6.02. The Morgan fingerprint density at radius 1 is 1.23 bits per heavy atom. The molecular weight excluding hydrogens is 198 g/mol. The van der Waals surface area contributed by atoms with Gasteiger partial charge in [0.05, 0.1) is 0 Å². The van der Waals surface area contributed by atoms with Gasteiger partial charge in [-0.1, -0.05) is 37.6 Å². The minimum absolute atomic E-state index is 0.673. The number of nitrogens with zero attached hydrogens (tertiary/aromatic N) is 1. The largest absolute Gasteiger partial charge is 0.249 e. The van der Waals surface area contributed by atoms with Crippen molar-refractivity contribution in [1.82, 2.24) is 4.98 Å². The molecule has 0 N–H and O–H groups in total. The average Bonchev–Trinajstić information content (AvgIpc) is 2.15.